The maximum absolute atomic E-state index is 11.9. The first-order valence-electron chi connectivity index (χ1n) is 9.10. The zero-order valence-electron chi connectivity index (χ0n) is 15.2. The molecule has 27 heavy (non-hydrogen) atoms. The second kappa shape index (κ2) is 10.1. The molecular formula is C23H23NO3. The number of aryl methyl sites for hydroxylation is 1. The van der Waals surface area contributed by atoms with E-state index in [0.717, 1.165) is 30.4 Å². The van der Waals surface area contributed by atoms with E-state index >= 15 is 0 Å². The average molecular weight is 361 g/mol. The van der Waals surface area contributed by atoms with Crippen LogP contribution in [-0.4, -0.2) is 24.2 Å². The van der Waals surface area contributed by atoms with Gasteiger partial charge in [0.05, 0.1) is 6.61 Å². The molecule has 138 valence electrons. The van der Waals surface area contributed by atoms with Crippen molar-refractivity contribution in [3.63, 3.8) is 0 Å². The van der Waals surface area contributed by atoms with E-state index in [-0.39, 0.29) is 12.6 Å². The molecule has 3 aromatic rings. The molecular weight excluding hydrogens is 338 g/mol. The fourth-order valence-corrected chi connectivity index (χ4v) is 2.79. The van der Waals surface area contributed by atoms with E-state index in [1.165, 1.54) is 5.56 Å². The number of ether oxygens (including phenoxy) is 2. The normalized spacial score (nSPS) is 10.4. The maximum atomic E-state index is 11.9. The number of benzene rings is 2. The molecule has 0 spiro atoms. The molecule has 0 unspecified atom stereocenters. The highest BCUT2D eigenvalue weighted by molar-refractivity contribution is 5.71. The van der Waals surface area contributed by atoms with Gasteiger partial charge in [0.2, 0.25) is 0 Å². The molecule has 0 aliphatic rings. The summed E-state index contributed by atoms with van der Waals surface area (Å²) in [6.45, 7) is 0.293. The minimum atomic E-state index is -0.351. The van der Waals surface area contributed by atoms with Crippen LogP contribution in [0.1, 0.15) is 23.1 Å². The lowest BCUT2D eigenvalue weighted by molar-refractivity contribution is -0.146. The molecule has 0 amide bonds. The van der Waals surface area contributed by atoms with Gasteiger partial charge in [-0.15, -0.1) is 0 Å². The molecule has 0 atom stereocenters. The van der Waals surface area contributed by atoms with Crippen LogP contribution in [0.5, 0.6) is 5.75 Å². The van der Waals surface area contributed by atoms with Crippen molar-refractivity contribution < 1.29 is 14.3 Å². The quantitative estimate of drug-likeness (QED) is 0.423. The Morgan fingerprint density at radius 1 is 0.889 bits per heavy atom. The molecule has 0 saturated carbocycles. The summed E-state index contributed by atoms with van der Waals surface area (Å²) in [5.74, 6) is 0.365. The lowest BCUT2D eigenvalue weighted by atomic mass is 10.0. The second-order valence-electron chi connectivity index (χ2n) is 6.24. The highest BCUT2D eigenvalue weighted by Crippen LogP contribution is 2.21. The van der Waals surface area contributed by atoms with Crippen LogP contribution in [0.25, 0.3) is 0 Å². The fourth-order valence-electron chi connectivity index (χ4n) is 2.79. The van der Waals surface area contributed by atoms with Crippen LogP contribution in [0.4, 0.5) is 0 Å². The van der Waals surface area contributed by atoms with Gasteiger partial charge in [-0.1, -0.05) is 54.6 Å². The molecule has 2 aromatic carbocycles. The molecule has 0 fully saturated rings. The van der Waals surface area contributed by atoms with Gasteiger partial charge in [-0.2, -0.15) is 0 Å². The van der Waals surface area contributed by atoms with Crippen molar-refractivity contribution >= 4 is 5.97 Å². The number of nitrogens with zero attached hydrogens (tertiary/aromatic N) is 1. The van der Waals surface area contributed by atoms with Gasteiger partial charge < -0.3 is 9.47 Å². The van der Waals surface area contributed by atoms with Crippen LogP contribution in [0.15, 0.2) is 79.1 Å². The van der Waals surface area contributed by atoms with Gasteiger partial charge in [0.1, 0.15) is 5.75 Å². The third-order valence-electron chi connectivity index (χ3n) is 4.15. The molecule has 3 rings (SSSR count). The molecule has 0 N–H and O–H groups in total. The summed E-state index contributed by atoms with van der Waals surface area (Å²) in [5.41, 5.74) is 3.39. The molecule has 1 heterocycles. The van der Waals surface area contributed by atoms with E-state index in [1.807, 2.05) is 60.8 Å². The van der Waals surface area contributed by atoms with Crippen molar-refractivity contribution in [3.8, 4) is 5.75 Å². The van der Waals surface area contributed by atoms with Crippen molar-refractivity contribution in [3.05, 3.63) is 95.8 Å². The summed E-state index contributed by atoms with van der Waals surface area (Å²) in [6, 6.07) is 21.9. The number of esters is 1. The van der Waals surface area contributed by atoms with Crippen molar-refractivity contribution in [1.29, 1.82) is 0 Å². The van der Waals surface area contributed by atoms with Crippen LogP contribution in [0.3, 0.4) is 0 Å². The summed E-state index contributed by atoms with van der Waals surface area (Å²) >= 11 is 0. The van der Waals surface area contributed by atoms with Crippen molar-refractivity contribution in [2.75, 3.05) is 13.2 Å². The van der Waals surface area contributed by atoms with Gasteiger partial charge in [0.25, 0.3) is 0 Å². The first-order valence-corrected chi connectivity index (χ1v) is 9.10. The van der Waals surface area contributed by atoms with E-state index in [1.54, 1.807) is 6.20 Å². The largest absolute Gasteiger partial charge is 0.482 e. The number of rotatable bonds is 9. The van der Waals surface area contributed by atoms with Gasteiger partial charge in [0, 0.05) is 18.8 Å². The van der Waals surface area contributed by atoms with Gasteiger partial charge in [0.15, 0.2) is 6.61 Å². The summed E-state index contributed by atoms with van der Waals surface area (Å²) in [5, 5.41) is 0. The standard InChI is InChI=1S/C23H23NO3/c25-23(26-15-7-11-20-10-6-14-24-17-20)18-27-22-13-5-4-12-21(22)16-19-8-2-1-3-9-19/h1-6,8-10,12-14,17H,7,11,15-16,18H2. The predicted molar refractivity (Wildman–Crippen MR) is 105 cm³/mol. The number of pyridine rings is 1. The Balaban J connectivity index is 1.43. The highest BCUT2D eigenvalue weighted by Gasteiger charge is 2.08. The predicted octanol–water partition coefficient (Wildman–Crippen LogP) is 4.23. The maximum Gasteiger partial charge on any atom is 0.344 e. The lowest BCUT2D eigenvalue weighted by Crippen LogP contribution is -2.16. The van der Waals surface area contributed by atoms with E-state index in [0.29, 0.717) is 12.4 Å². The summed E-state index contributed by atoms with van der Waals surface area (Å²) in [4.78, 5) is 16.0. The smallest absolute Gasteiger partial charge is 0.344 e. The van der Waals surface area contributed by atoms with Crippen molar-refractivity contribution in [1.82, 2.24) is 4.98 Å². The topological polar surface area (TPSA) is 48.4 Å². The fraction of sp³-hybridized carbons (Fsp3) is 0.217. The second-order valence-corrected chi connectivity index (χ2v) is 6.24. The molecule has 0 saturated heterocycles. The Hall–Kier alpha value is -3.14. The first kappa shape index (κ1) is 18.6. The number of hydrogen-bond acceptors (Lipinski definition) is 4. The van der Waals surface area contributed by atoms with Crippen LogP contribution in [0.2, 0.25) is 0 Å². The Labute approximate surface area is 159 Å². The minimum Gasteiger partial charge on any atom is -0.482 e. The Morgan fingerprint density at radius 2 is 1.67 bits per heavy atom. The lowest BCUT2D eigenvalue weighted by Gasteiger charge is -2.11. The monoisotopic (exact) mass is 361 g/mol. The number of carbonyl (C=O) groups is 1. The highest BCUT2D eigenvalue weighted by atomic mass is 16.6. The van der Waals surface area contributed by atoms with Gasteiger partial charge in [-0.3, -0.25) is 4.98 Å². The zero-order chi connectivity index (χ0) is 18.7. The Morgan fingerprint density at radius 3 is 2.48 bits per heavy atom. The Kier molecular flexibility index (Phi) is 6.99. The number of aromatic nitrogens is 1. The SMILES string of the molecule is O=C(COc1ccccc1Cc1ccccc1)OCCCc1cccnc1. The van der Waals surface area contributed by atoms with Gasteiger partial charge in [-0.25, -0.2) is 4.79 Å². The molecule has 4 nitrogen and oxygen atoms in total. The molecule has 0 radical (unpaired) electrons. The summed E-state index contributed by atoms with van der Waals surface area (Å²) in [6.07, 6.45) is 5.94. The van der Waals surface area contributed by atoms with Crippen LogP contribution < -0.4 is 4.74 Å². The van der Waals surface area contributed by atoms with E-state index < -0.39 is 0 Å². The molecule has 4 heteroatoms. The molecule has 1 aromatic heterocycles. The summed E-state index contributed by atoms with van der Waals surface area (Å²) < 4.78 is 11.0. The van der Waals surface area contributed by atoms with Crippen molar-refractivity contribution in [2.45, 2.75) is 19.3 Å². The number of carbonyl (C=O) groups excluding carboxylic acids is 1. The van der Waals surface area contributed by atoms with Crippen LogP contribution in [0, 0.1) is 0 Å². The Bertz CT molecular complexity index is 835. The molecule has 0 aliphatic carbocycles. The minimum absolute atomic E-state index is 0.0846. The van der Waals surface area contributed by atoms with E-state index in [9.17, 15) is 4.79 Å². The number of para-hydroxylation sites is 1. The van der Waals surface area contributed by atoms with Crippen LogP contribution in [-0.2, 0) is 22.4 Å². The van der Waals surface area contributed by atoms with E-state index in [4.69, 9.17) is 9.47 Å². The third kappa shape index (κ3) is 6.26. The average Bonchev–Trinajstić information content (AvgIpc) is 2.72. The van der Waals surface area contributed by atoms with Gasteiger partial charge >= 0.3 is 5.97 Å². The van der Waals surface area contributed by atoms with E-state index in [2.05, 4.69) is 17.1 Å². The zero-order valence-corrected chi connectivity index (χ0v) is 15.2. The third-order valence-corrected chi connectivity index (χ3v) is 4.15. The molecule has 0 aliphatic heterocycles. The van der Waals surface area contributed by atoms with Crippen LogP contribution >= 0.6 is 0 Å². The van der Waals surface area contributed by atoms with Crippen molar-refractivity contribution in [2.24, 2.45) is 0 Å². The first-order chi connectivity index (χ1) is 13.3. The number of hydrogen-bond donors (Lipinski definition) is 0. The summed E-state index contributed by atoms with van der Waals surface area (Å²) in [7, 11) is 0. The molecule has 0 bridgehead atoms. The van der Waals surface area contributed by atoms with Gasteiger partial charge in [-0.05, 0) is 41.7 Å².